The van der Waals surface area contributed by atoms with Gasteiger partial charge in [0, 0.05) is 5.02 Å². The Labute approximate surface area is 112 Å². The summed E-state index contributed by atoms with van der Waals surface area (Å²) in [6.45, 7) is 2.15. The predicted octanol–water partition coefficient (Wildman–Crippen LogP) is 3.76. The molecule has 0 heterocycles. The van der Waals surface area contributed by atoms with E-state index in [9.17, 15) is 5.11 Å². The molecule has 2 nitrogen and oxygen atoms in total. The Kier molecular flexibility index (Phi) is 4.24. The number of rotatable bonds is 4. The second-order valence-corrected chi connectivity index (χ2v) is 4.56. The van der Waals surface area contributed by atoms with Crippen molar-refractivity contribution in [2.75, 3.05) is 6.61 Å². The SMILES string of the molecule is Cc1cc(OCC(O)c2ccccc2)ccc1Cl. The molecule has 0 radical (unpaired) electrons. The first-order valence-electron chi connectivity index (χ1n) is 5.79. The molecule has 2 aromatic carbocycles. The van der Waals surface area contributed by atoms with Gasteiger partial charge < -0.3 is 9.84 Å². The average molecular weight is 263 g/mol. The lowest BCUT2D eigenvalue weighted by atomic mass is 10.1. The average Bonchev–Trinajstić information content (AvgIpc) is 2.41. The molecule has 0 spiro atoms. The van der Waals surface area contributed by atoms with E-state index in [1.165, 1.54) is 0 Å². The van der Waals surface area contributed by atoms with Crippen LogP contribution in [0, 0.1) is 6.92 Å². The van der Waals surface area contributed by atoms with Gasteiger partial charge in [0.2, 0.25) is 0 Å². The van der Waals surface area contributed by atoms with Crippen LogP contribution in [0.1, 0.15) is 17.2 Å². The van der Waals surface area contributed by atoms with E-state index >= 15 is 0 Å². The molecule has 0 amide bonds. The Bertz CT molecular complexity index is 511. The molecule has 2 rings (SSSR count). The lowest BCUT2D eigenvalue weighted by molar-refractivity contribution is 0.108. The van der Waals surface area contributed by atoms with Gasteiger partial charge in [-0.15, -0.1) is 0 Å². The van der Waals surface area contributed by atoms with Gasteiger partial charge >= 0.3 is 0 Å². The summed E-state index contributed by atoms with van der Waals surface area (Å²) in [6, 6.07) is 14.9. The number of aryl methyl sites for hydroxylation is 1. The van der Waals surface area contributed by atoms with E-state index in [0.717, 1.165) is 11.1 Å². The number of halogens is 1. The maximum absolute atomic E-state index is 9.95. The Balaban J connectivity index is 1.97. The van der Waals surface area contributed by atoms with E-state index in [0.29, 0.717) is 10.8 Å². The molecular weight excluding hydrogens is 248 g/mol. The number of hydrogen-bond acceptors (Lipinski definition) is 2. The number of aliphatic hydroxyl groups excluding tert-OH is 1. The standard InChI is InChI=1S/C15H15ClO2/c1-11-9-13(7-8-14(11)16)18-10-15(17)12-5-3-2-4-6-12/h2-9,15,17H,10H2,1H3. The van der Waals surface area contributed by atoms with Crippen LogP contribution in [0.4, 0.5) is 0 Å². The van der Waals surface area contributed by atoms with Crippen LogP contribution in [0.5, 0.6) is 5.75 Å². The van der Waals surface area contributed by atoms with Crippen LogP contribution >= 0.6 is 11.6 Å². The number of benzene rings is 2. The molecule has 94 valence electrons. The monoisotopic (exact) mass is 262 g/mol. The highest BCUT2D eigenvalue weighted by Crippen LogP contribution is 2.22. The minimum absolute atomic E-state index is 0.227. The third-order valence-corrected chi connectivity index (χ3v) is 3.15. The second kappa shape index (κ2) is 5.89. The van der Waals surface area contributed by atoms with Crippen LogP contribution in [0.15, 0.2) is 48.5 Å². The zero-order chi connectivity index (χ0) is 13.0. The summed E-state index contributed by atoms with van der Waals surface area (Å²) in [5.41, 5.74) is 1.81. The van der Waals surface area contributed by atoms with Gasteiger partial charge in [-0.1, -0.05) is 41.9 Å². The zero-order valence-corrected chi connectivity index (χ0v) is 10.9. The lowest BCUT2D eigenvalue weighted by Crippen LogP contribution is -2.09. The van der Waals surface area contributed by atoms with Crippen molar-refractivity contribution in [3.8, 4) is 5.75 Å². The maximum Gasteiger partial charge on any atom is 0.119 e. The summed E-state index contributed by atoms with van der Waals surface area (Å²) in [4.78, 5) is 0. The van der Waals surface area contributed by atoms with Crippen LogP contribution in [0.3, 0.4) is 0 Å². The summed E-state index contributed by atoms with van der Waals surface area (Å²) < 4.78 is 5.55. The van der Waals surface area contributed by atoms with Crippen LogP contribution in [0.2, 0.25) is 5.02 Å². The molecule has 1 N–H and O–H groups in total. The van der Waals surface area contributed by atoms with Gasteiger partial charge in [0.15, 0.2) is 0 Å². The summed E-state index contributed by atoms with van der Waals surface area (Å²) in [7, 11) is 0. The minimum atomic E-state index is -0.623. The number of hydrogen-bond donors (Lipinski definition) is 1. The van der Waals surface area contributed by atoms with Gasteiger partial charge in [0.05, 0.1) is 0 Å². The highest BCUT2D eigenvalue weighted by molar-refractivity contribution is 6.31. The summed E-state index contributed by atoms with van der Waals surface area (Å²) in [5.74, 6) is 0.715. The number of ether oxygens (including phenoxy) is 1. The fourth-order valence-electron chi connectivity index (χ4n) is 1.65. The van der Waals surface area contributed by atoms with E-state index in [1.807, 2.05) is 43.3 Å². The molecule has 3 heteroatoms. The van der Waals surface area contributed by atoms with Crippen molar-refractivity contribution in [2.24, 2.45) is 0 Å². The summed E-state index contributed by atoms with van der Waals surface area (Å²) in [5, 5.41) is 10.7. The van der Waals surface area contributed by atoms with E-state index < -0.39 is 6.10 Å². The molecule has 1 atom stereocenters. The minimum Gasteiger partial charge on any atom is -0.491 e. The van der Waals surface area contributed by atoms with Crippen molar-refractivity contribution in [1.29, 1.82) is 0 Å². The van der Waals surface area contributed by atoms with Crippen LogP contribution in [0.25, 0.3) is 0 Å². The first-order chi connectivity index (χ1) is 8.66. The van der Waals surface area contributed by atoms with Gasteiger partial charge in [-0.05, 0) is 36.2 Å². The first-order valence-corrected chi connectivity index (χ1v) is 6.16. The van der Waals surface area contributed by atoms with Crippen LogP contribution in [-0.2, 0) is 0 Å². The molecule has 1 unspecified atom stereocenters. The normalized spacial score (nSPS) is 12.2. The molecular formula is C15H15ClO2. The molecule has 0 aliphatic heterocycles. The smallest absolute Gasteiger partial charge is 0.119 e. The third kappa shape index (κ3) is 3.25. The molecule has 18 heavy (non-hydrogen) atoms. The van der Waals surface area contributed by atoms with Crippen molar-refractivity contribution in [2.45, 2.75) is 13.0 Å². The van der Waals surface area contributed by atoms with Gasteiger partial charge in [-0.3, -0.25) is 0 Å². The van der Waals surface area contributed by atoms with Crippen molar-refractivity contribution in [3.05, 3.63) is 64.7 Å². The molecule has 0 bridgehead atoms. The highest BCUT2D eigenvalue weighted by Gasteiger charge is 2.08. The predicted molar refractivity (Wildman–Crippen MR) is 73.1 cm³/mol. The number of aliphatic hydroxyl groups is 1. The van der Waals surface area contributed by atoms with Gasteiger partial charge in [0.1, 0.15) is 18.5 Å². The van der Waals surface area contributed by atoms with Gasteiger partial charge in [-0.2, -0.15) is 0 Å². The van der Waals surface area contributed by atoms with Crippen molar-refractivity contribution in [3.63, 3.8) is 0 Å². The Morgan fingerprint density at radius 2 is 1.89 bits per heavy atom. The topological polar surface area (TPSA) is 29.5 Å². The second-order valence-electron chi connectivity index (χ2n) is 4.15. The quantitative estimate of drug-likeness (QED) is 0.909. The highest BCUT2D eigenvalue weighted by atomic mass is 35.5. The van der Waals surface area contributed by atoms with Gasteiger partial charge in [0.25, 0.3) is 0 Å². The Morgan fingerprint density at radius 1 is 1.17 bits per heavy atom. The fourth-order valence-corrected chi connectivity index (χ4v) is 1.77. The summed E-state index contributed by atoms with van der Waals surface area (Å²) in [6.07, 6.45) is -0.623. The maximum atomic E-state index is 9.95. The van der Waals surface area contributed by atoms with Crippen molar-refractivity contribution in [1.82, 2.24) is 0 Å². The third-order valence-electron chi connectivity index (χ3n) is 2.72. The largest absolute Gasteiger partial charge is 0.491 e. The molecule has 0 aromatic heterocycles. The lowest BCUT2D eigenvalue weighted by Gasteiger charge is -2.13. The first kappa shape index (κ1) is 12.9. The van der Waals surface area contributed by atoms with E-state index in [4.69, 9.17) is 16.3 Å². The molecule has 0 aliphatic rings. The molecule has 0 saturated carbocycles. The van der Waals surface area contributed by atoms with E-state index in [2.05, 4.69) is 0 Å². The fraction of sp³-hybridized carbons (Fsp3) is 0.200. The van der Waals surface area contributed by atoms with E-state index in [1.54, 1.807) is 12.1 Å². The van der Waals surface area contributed by atoms with Crippen LogP contribution < -0.4 is 4.74 Å². The molecule has 0 aliphatic carbocycles. The van der Waals surface area contributed by atoms with Gasteiger partial charge in [-0.25, -0.2) is 0 Å². The Morgan fingerprint density at radius 3 is 2.56 bits per heavy atom. The van der Waals surface area contributed by atoms with E-state index in [-0.39, 0.29) is 6.61 Å². The summed E-state index contributed by atoms with van der Waals surface area (Å²) >= 11 is 5.93. The molecule has 0 saturated heterocycles. The Hall–Kier alpha value is -1.51. The van der Waals surface area contributed by atoms with Crippen LogP contribution in [-0.4, -0.2) is 11.7 Å². The molecule has 0 fully saturated rings. The zero-order valence-electron chi connectivity index (χ0n) is 10.1. The van der Waals surface area contributed by atoms with Crippen molar-refractivity contribution >= 4 is 11.6 Å². The molecule has 2 aromatic rings. The van der Waals surface area contributed by atoms with Crippen molar-refractivity contribution < 1.29 is 9.84 Å².